The number of aliphatic carboxylic acids is 1. The van der Waals surface area contributed by atoms with Crippen molar-refractivity contribution in [3.05, 3.63) is 32.6 Å². The molecule has 96 valence electrons. The van der Waals surface area contributed by atoms with Crippen LogP contribution < -0.4 is 4.87 Å². The maximum Gasteiger partial charge on any atom is 0.313 e. The molecule has 0 aliphatic carbocycles. The first-order chi connectivity index (χ1) is 8.54. The van der Waals surface area contributed by atoms with Gasteiger partial charge in [-0.25, -0.2) is 4.98 Å². The van der Waals surface area contributed by atoms with E-state index in [-0.39, 0.29) is 10.6 Å². The van der Waals surface area contributed by atoms with Gasteiger partial charge in [0.05, 0.1) is 18.0 Å². The van der Waals surface area contributed by atoms with Gasteiger partial charge in [0, 0.05) is 17.3 Å². The molecule has 0 atom stereocenters. The van der Waals surface area contributed by atoms with Crippen LogP contribution in [0.25, 0.3) is 0 Å². The van der Waals surface area contributed by atoms with Crippen LogP contribution in [0.4, 0.5) is 0 Å². The normalized spacial score (nSPS) is 10.7. The average Bonchev–Trinajstić information content (AvgIpc) is 2.83. The Kier molecular flexibility index (Phi) is 3.87. The fourth-order valence-electron chi connectivity index (χ4n) is 1.45. The van der Waals surface area contributed by atoms with Crippen molar-refractivity contribution in [1.29, 1.82) is 0 Å². The number of thiazole rings is 1. The van der Waals surface area contributed by atoms with Gasteiger partial charge in [0.2, 0.25) is 0 Å². The molecule has 6 nitrogen and oxygen atoms in total. The Bertz CT molecular complexity index is 614. The van der Waals surface area contributed by atoms with Gasteiger partial charge in [0.25, 0.3) is 0 Å². The first-order valence-corrected chi connectivity index (χ1v) is 6.96. The first-order valence-electron chi connectivity index (χ1n) is 5.09. The van der Waals surface area contributed by atoms with E-state index in [2.05, 4.69) is 9.97 Å². The van der Waals surface area contributed by atoms with Gasteiger partial charge >= 0.3 is 10.8 Å². The Labute approximate surface area is 111 Å². The van der Waals surface area contributed by atoms with Crippen molar-refractivity contribution in [1.82, 2.24) is 14.5 Å². The fraction of sp³-hybridized carbons (Fsp3) is 0.300. The number of nitrogens with zero attached hydrogens (tertiary/aromatic N) is 2. The summed E-state index contributed by atoms with van der Waals surface area (Å²) in [5, 5.41) is 11.1. The lowest BCUT2D eigenvalue weighted by atomic mass is 10.5. The van der Waals surface area contributed by atoms with Crippen molar-refractivity contribution in [3.8, 4) is 0 Å². The molecule has 2 aromatic rings. The van der Waals surface area contributed by atoms with Gasteiger partial charge in [-0.15, -0.1) is 0 Å². The van der Waals surface area contributed by atoms with Gasteiger partial charge in [-0.2, -0.15) is 0 Å². The number of aromatic amines is 1. The summed E-state index contributed by atoms with van der Waals surface area (Å²) in [6, 6.07) is 0. The third-order valence-electron chi connectivity index (χ3n) is 2.10. The zero-order chi connectivity index (χ0) is 13.1. The maximum atomic E-state index is 11.0. The molecule has 0 aromatic carbocycles. The van der Waals surface area contributed by atoms with E-state index >= 15 is 0 Å². The van der Waals surface area contributed by atoms with Crippen LogP contribution in [0.2, 0.25) is 0 Å². The highest BCUT2D eigenvalue weighted by Gasteiger charge is 2.09. The second-order valence-electron chi connectivity index (χ2n) is 3.65. The van der Waals surface area contributed by atoms with E-state index in [4.69, 9.17) is 5.11 Å². The van der Waals surface area contributed by atoms with Gasteiger partial charge in [-0.05, 0) is 6.92 Å². The zero-order valence-corrected chi connectivity index (χ0v) is 11.2. The van der Waals surface area contributed by atoms with Crippen LogP contribution in [0.1, 0.15) is 11.4 Å². The number of carboxylic acids is 1. The topological polar surface area (TPSA) is 88.0 Å². The smallest absolute Gasteiger partial charge is 0.313 e. The third kappa shape index (κ3) is 3.23. The van der Waals surface area contributed by atoms with Crippen LogP contribution in [0.15, 0.2) is 21.5 Å². The summed E-state index contributed by atoms with van der Waals surface area (Å²) in [7, 11) is 0. The number of carboxylic acid groups (broad SMARTS) is 1. The number of aromatic nitrogens is 3. The van der Waals surface area contributed by atoms with Crippen LogP contribution in [0, 0.1) is 6.92 Å². The molecule has 0 spiro atoms. The monoisotopic (exact) mass is 285 g/mol. The van der Waals surface area contributed by atoms with Gasteiger partial charge < -0.3 is 14.7 Å². The molecule has 0 fully saturated rings. The van der Waals surface area contributed by atoms with E-state index in [1.54, 1.807) is 5.38 Å². The van der Waals surface area contributed by atoms with Crippen LogP contribution in [0.5, 0.6) is 0 Å². The fourth-order valence-corrected chi connectivity index (χ4v) is 2.77. The summed E-state index contributed by atoms with van der Waals surface area (Å²) in [5.41, 5.74) is 1.61. The number of carbonyl (C=O) groups is 1. The van der Waals surface area contributed by atoms with E-state index in [9.17, 15) is 9.59 Å². The third-order valence-corrected chi connectivity index (χ3v) is 3.79. The van der Waals surface area contributed by atoms with E-state index < -0.39 is 5.97 Å². The average molecular weight is 285 g/mol. The predicted octanol–water partition coefficient (Wildman–Crippen LogP) is 1.17. The Hall–Kier alpha value is -1.54. The van der Waals surface area contributed by atoms with Crippen molar-refractivity contribution >= 4 is 29.1 Å². The molecule has 2 rings (SSSR count). The quantitative estimate of drug-likeness (QED) is 0.805. The number of imidazole rings is 1. The molecule has 0 aliphatic rings. The second-order valence-corrected chi connectivity index (χ2v) is 5.43. The molecule has 0 saturated carbocycles. The number of rotatable bonds is 5. The van der Waals surface area contributed by atoms with Crippen LogP contribution in [-0.4, -0.2) is 31.4 Å². The number of aryl methyl sites for hydroxylation is 1. The Morgan fingerprint density at radius 1 is 1.67 bits per heavy atom. The lowest BCUT2D eigenvalue weighted by Crippen LogP contribution is -2.05. The number of hydrogen-bond acceptors (Lipinski definition) is 5. The largest absolute Gasteiger partial charge is 0.481 e. The first kappa shape index (κ1) is 12.9. The summed E-state index contributed by atoms with van der Waals surface area (Å²) in [6.45, 7) is 2.33. The Balaban J connectivity index is 2.16. The standard InChI is InChI=1S/C10H11N3O3S2/c1-6-2-13(3-7-4-18-10(16)12-7)9(11-6)17-5-8(14)15/h2,4H,3,5H2,1H3,(H,12,16)(H,14,15). The highest BCUT2D eigenvalue weighted by molar-refractivity contribution is 7.99. The minimum atomic E-state index is -0.879. The molecule has 8 heteroatoms. The Morgan fingerprint density at radius 3 is 3.06 bits per heavy atom. The molecule has 2 N–H and O–H groups in total. The highest BCUT2D eigenvalue weighted by atomic mass is 32.2. The minimum Gasteiger partial charge on any atom is -0.481 e. The summed E-state index contributed by atoms with van der Waals surface area (Å²) in [6.07, 6.45) is 1.83. The predicted molar refractivity (Wildman–Crippen MR) is 69.4 cm³/mol. The number of H-pyrrole nitrogens is 1. The van der Waals surface area contributed by atoms with Gasteiger partial charge in [-0.3, -0.25) is 9.59 Å². The maximum absolute atomic E-state index is 11.0. The van der Waals surface area contributed by atoms with E-state index in [0.717, 1.165) is 22.7 Å². The molecular weight excluding hydrogens is 274 g/mol. The molecule has 0 bridgehead atoms. The lowest BCUT2D eigenvalue weighted by Gasteiger charge is -2.04. The number of hydrogen-bond donors (Lipinski definition) is 2. The Morgan fingerprint density at radius 2 is 2.44 bits per heavy atom. The molecule has 0 saturated heterocycles. The number of thioether (sulfide) groups is 1. The van der Waals surface area contributed by atoms with Gasteiger partial charge in [0.15, 0.2) is 5.16 Å². The number of nitrogens with one attached hydrogen (secondary N) is 1. The van der Waals surface area contributed by atoms with Crippen molar-refractivity contribution in [2.24, 2.45) is 0 Å². The van der Waals surface area contributed by atoms with Crippen molar-refractivity contribution in [2.75, 3.05) is 5.75 Å². The SMILES string of the molecule is Cc1cn(Cc2csc(=O)[nH]2)c(SCC(=O)O)n1. The second kappa shape index (κ2) is 5.40. The summed E-state index contributed by atoms with van der Waals surface area (Å²) < 4.78 is 1.83. The zero-order valence-electron chi connectivity index (χ0n) is 9.54. The van der Waals surface area contributed by atoms with E-state index in [1.807, 2.05) is 17.7 Å². The van der Waals surface area contributed by atoms with Crippen LogP contribution >= 0.6 is 23.1 Å². The molecule has 0 radical (unpaired) electrons. The molecule has 18 heavy (non-hydrogen) atoms. The lowest BCUT2D eigenvalue weighted by molar-refractivity contribution is -0.133. The highest BCUT2D eigenvalue weighted by Crippen LogP contribution is 2.18. The molecule has 0 amide bonds. The molecule has 2 heterocycles. The molecule has 0 aliphatic heterocycles. The van der Waals surface area contributed by atoms with Crippen molar-refractivity contribution in [2.45, 2.75) is 18.6 Å². The van der Waals surface area contributed by atoms with E-state index in [0.29, 0.717) is 11.7 Å². The van der Waals surface area contributed by atoms with Crippen LogP contribution in [0.3, 0.4) is 0 Å². The summed E-state index contributed by atoms with van der Waals surface area (Å²) >= 11 is 2.27. The molecular formula is C10H11N3O3S2. The summed E-state index contributed by atoms with van der Waals surface area (Å²) in [5.74, 6) is -0.910. The van der Waals surface area contributed by atoms with Crippen molar-refractivity contribution < 1.29 is 9.90 Å². The molecule has 0 unspecified atom stereocenters. The molecule has 2 aromatic heterocycles. The van der Waals surface area contributed by atoms with Crippen molar-refractivity contribution in [3.63, 3.8) is 0 Å². The van der Waals surface area contributed by atoms with Gasteiger partial charge in [0.1, 0.15) is 0 Å². The summed E-state index contributed by atoms with van der Waals surface area (Å²) in [4.78, 5) is 28.5. The van der Waals surface area contributed by atoms with Gasteiger partial charge in [-0.1, -0.05) is 23.1 Å². The minimum absolute atomic E-state index is 0.0311. The van der Waals surface area contributed by atoms with Crippen LogP contribution in [-0.2, 0) is 11.3 Å². The van der Waals surface area contributed by atoms with E-state index in [1.165, 1.54) is 11.8 Å².